The number of hydrogen-bond donors (Lipinski definition) is 0. The Bertz CT molecular complexity index is 838. The third-order valence-corrected chi connectivity index (χ3v) is 6.06. The van der Waals surface area contributed by atoms with Gasteiger partial charge in [-0.05, 0) is 38.5 Å². The van der Waals surface area contributed by atoms with Crippen molar-refractivity contribution in [1.29, 1.82) is 0 Å². The van der Waals surface area contributed by atoms with Gasteiger partial charge < -0.3 is 14.5 Å². The van der Waals surface area contributed by atoms with Gasteiger partial charge in [0.1, 0.15) is 6.04 Å². The van der Waals surface area contributed by atoms with E-state index in [1.54, 1.807) is 43.9 Å². The molecule has 1 atom stereocenters. The van der Waals surface area contributed by atoms with Crippen molar-refractivity contribution in [2.75, 3.05) is 43.3 Å². The zero-order valence-electron chi connectivity index (χ0n) is 16.5. The van der Waals surface area contributed by atoms with Gasteiger partial charge in [0, 0.05) is 31.2 Å². The highest BCUT2D eigenvalue weighted by Gasteiger charge is 2.34. The molecule has 0 N–H and O–H groups in total. The number of benzene rings is 1. The van der Waals surface area contributed by atoms with Crippen LogP contribution < -0.4 is 4.31 Å². The van der Waals surface area contributed by atoms with Gasteiger partial charge in [-0.1, -0.05) is 17.7 Å². The fourth-order valence-corrected chi connectivity index (χ4v) is 4.57. The first kappa shape index (κ1) is 22.3. The molecule has 1 aliphatic rings. The first-order chi connectivity index (χ1) is 13.1. The van der Waals surface area contributed by atoms with Crippen LogP contribution in [0.2, 0.25) is 5.02 Å². The van der Waals surface area contributed by atoms with E-state index < -0.39 is 22.2 Å². The molecule has 1 fully saturated rings. The largest absolute Gasteiger partial charge is 0.450 e. The second-order valence-electron chi connectivity index (χ2n) is 6.68. The van der Waals surface area contributed by atoms with Crippen LogP contribution in [0.4, 0.5) is 10.5 Å². The zero-order valence-corrected chi connectivity index (χ0v) is 18.1. The van der Waals surface area contributed by atoms with Crippen molar-refractivity contribution in [2.45, 2.75) is 26.8 Å². The number of nitrogens with zero attached hydrogens (tertiary/aromatic N) is 3. The molecule has 0 spiro atoms. The molecule has 1 heterocycles. The van der Waals surface area contributed by atoms with Crippen molar-refractivity contribution in [3.05, 3.63) is 28.8 Å². The van der Waals surface area contributed by atoms with Crippen LogP contribution in [0.5, 0.6) is 0 Å². The van der Waals surface area contributed by atoms with Crippen LogP contribution in [0.3, 0.4) is 0 Å². The molecule has 0 aliphatic carbocycles. The highest BCUT2D eigenvalue weighted by molar-refractivity contribution is 7.92. The van der Waals surface area contributed by atoms with Crippen LogP contribution in [0.15, 0.2) is 18.2 Å². The lowest BCUT2D eigenvalue weighted by Crippen LogP contribution is -2.56. The average molecular weight is 432 g/mol. The van der Waals surface area contributed by atoms with Crippen LogP contribution in [-0.4, -0.2) is 75.3 Å². The minimum Gasteiger partial charge on any atom is -0.450 e. The highest BCUT2D eigenvalue weighted by Crippen LogP contribution is 2.28. The quantitative estimate of drug-likeness (QED) is 0.712. The van der Waals surface area contributed by atoms with Crippen LogP contribution in [-0.2, 0) is 19.6 Å². The third kappa shape index (κ3) is 5.08. The first-order valence-electron chi connectivity index (χ1n) is 9.02. The van der Waals surface area contributed by atoms with Gasteiger partial charge in [0.05, 0.1) is 18.6 Å². The summed E-state index contributed by atoms with van der Waals surface area (Å²) in [5.41, 5.74) is 1.07. The summed E-state index contributed by atoms with van der Waals surface area (Å²) in [5, 5.41) is 0.386. The van der Waals surface area contributed by atoms with Crippen molar-refractivity contribution >= 4 is 39.3 Å². The van der Waals surface area contributed by atoms with Crippen molar-refractivity contribution < 1.29 is 22.7 Å². The Hall–Kier alpha value is -2.00. The van der Waals surface area contributed by atoms with Crippen LogP contribution in [0.1, 0.15) is 19.4 Å². The monoisotopic (exact) mass is 431 g/mol. The second kappa shape index (κ2) is 9.00. The molecule has 0 unspecified atom stereocenters. The Balaban J connectivity index is 2.19. The van der Waals surface area contributed by atoms with Gasteiger partial charge in [0.2, 0.25) is 15.9 Å². The summed E-state index contributed by atoms with van der Waals surface area (Å²) in [5.74, 6) is -0.326. The number of anilines is 1. The predicted octanol–water partition coefficient (Wildman–Crippen LogP) is 2.10. The number of carbonyl (C=O) groups is 2. The number of rotatable bonds is 5. The minimum absolute atomic E-state index is 0.289. The second-order valence-corrected chi connectivity index (χ2v) is 8.97. The Kier molecular flexibility index (Phi) is 7.16. The summed E-state index contributed by atoms with van der Waals surface area (Å²) in [6.45, 7) is 6.65. The van der Waals surface area contributed by atoms with Crippen molar-refractivity contribution in [1.82, 2.24) is 9.80 Å². The molecule has 0 bridgehead atoms. The van der Waals surface area contributed by atoms with E-state index in [4.69, 9.17) is 16.3 Å². The van der Waals surface area contributed by atoms with Crippen molar-refractivity contribution in [3.63, 3.8) is 0 Å². The fraction of sp³-hybridized carbons (Fsp3) is 0.556. The number of halogens is 1. The van der Waals surface area contributed by atoms with E-state index in [9.17, 15) is 18.0 Å². The van der Waals surface area contributed by atoms with Gasteiger partial charge in [0.15, 0.2) is 0 Å². The standard InChI is InChI=1S/C18H26ClN3O5S/c1-5-27-18(24)21-10-8-20(9-11-21)17(23)14(3)22(28(4,25)26)16-12-15(19)7-6-13(16)2/h6-7,12,14H,5,8-11H2,1-4H3/t14-/m1/s1. The highest BCUT2D eigenvalue weighted by atomic mass is 35.5. The van der Waals surface area contributed by atoms with Gasteiger partial charge >= 0.3 is 6.09 Å². The first-order valence-corrected chi connectivity index (χ1v) is 11.2. The molecule has 1 saturated heterocycles. The third-order valence-electron chi connectivity index (χ3n) is 4.59. The maximum absolute atomic E-state index is 13.0. The van der Waals surface area contributed by atoms with Crippen LogP contribution in [0, 0.1) is 6.92 Å². The number of aryl methyl sites for hydroxylation is 1. The molecular weight excluding hydrogens is 406 g/mol. The van der Waals surface area contributed by atoms with Crippen molar-refractivity contribution in [2.24, 2.45) is 0 Å². The molecule has 0 saturated carbocycles. The van der Waals surface area contributed by atoms with Gasteiger partial charge in [-0.25, -0.2) is 13.2 Å². The van der Waals surface area contributed by atoms with Gasteiger partial charge in [0.25, 0.3) is 0 Å². The average Bonchev–Trinajstić information content (AvgIpc) is 2.63. The normalized spacial score (nSPS) is 15.9. The van der Waals surface area contributed by atoms with Crippen LogP contribution >= 0.6 is 11.6 Å². The number of sulfonamides is 1. The van der Waals surface area contributed by atoms with E-state index >= 15 is 0 Å². The number of amides is 2. The van der Waals surface area contributed by atoms with Gasteiger partial charge in [-0.15, -0.1) is 0 Å². The lowest BCUT2D eigenvalue weighted by Gasteiger charge is -2.38. The van der Waals surface area contributed by atoms with E-state index in [1.165, 1.54) is 4.90 Å². The number of carbonyl (C=O) groups excluding carboxylic acids is 2. The number of ether oxygens (including phenoxy) is 1. The molecule has 8 nitrogen and oxygen atoms in total. The Morgan fingerprint density at radius 3 is 2.32 bits per heavy atom. The predicted molar refractivity (Wildman–Crippen MR) is 108 cm³/mol. The van der Waals surface area contributed by atoms with E-state index in [1.807, 2.05) is 0 Å². The topological polar surface area (TPSA) is 87.2 Å². The molecular formula is C18H26ClN3O5S. The molecule has 2 rings (SSSR count). The smallest absolute Gasteiger partial charge is 0.409 e. The molecule has 2 amide bonds. The maximum Gasteiger partial charge on any atom is 0.409 e. The van der Waals surface area contributed by atoms with E-state index in [0.717, 1.165) is 10.6 Å². The molecule has 156 valence electrons. The Labute approximate surface area is 171 Å². The molecule has 0 aromatic heterocycles. The molecule has 1 aromatic rings. The summed E-state index contributed by atoms with van der Waals surface area (Å²) in [6, 6.07) is 3.98. The maximum atomic E-state index is 13.0. The fourth-order valence-electron chi connectivity index (χ4n) is 3.18. The summed E-state index contributed by atoms with van der Waals surface area (Å²) in [6.07, 6.45) is 0.658. The summed E-state index contributed by atoms with van der Waals surface area (Å²) in [7, 11) is -3.73. The SMILES string of the molecule is CCOC(=O)N1CCN(C(=O)[C@@H](C)N(c2cc(Cl)ccc2C)S(C)(=O)=O)CC1. The summed E-state index contributed by atoms with van der Waals surface area (Å²) >= 11 is 6.05. The van der Waals surface area contributed by atoms with Crippen molar-refractivity contribution in [3.8, 4) is 0 Å². The van der Waals surface area contributed by atoms with Gasteiger partial charge in [-0.2, -0.15) is 0 Å². The lowest BCUT2D eigenvalue weighted by molar-refractivity contribution is -0.133. The van der Waals surface area contributed by atoms with Gasteiger partial charge in [-0.3, -0.25) is 9.10 Å². The number of piperazine rings is 1. The Morgan fingerprint density at radius 2 is 1.79 bits per heavy atom. The van der Waals surface area contributed by atoms with E-state index in [2.05, 4.69) is 0 Å². The molecule has 28 heavy (non-hydrogen) atoms. The molecule has 1 aliphatic heterocycles. The van der Waals surface area contributed by atoms with Crippen LogP contribution in [0.25, 0.3) is 0 Å². The zero-order chi connectivity index (χ0) is 21.1. The lowest BCUT2D eigenvalue weighted by atomic mass is 10.1. The molecule has 0 radical (unpaired) electrons. The summed E-state index contributed by atoms with van der Waals surface area (Å²) < 4.78 is 31.0. The minimum atomic E-state index is -3.73. The Morgan fingerprint density at radius 1 is 1.21 bits per heavy atom. The molecule has 1 aromatic carbocycles. The number of hydrogen-bond acceptors (Lipinski definition) is 5. The summed E-state index contributed by atoms with van der Waals surface area (Å²) in [4.78, 5) is 27.9. The molecule has 10 heteroatoms. The van der Waals surface area contributed by atoms with E-state index in [-0.39, 0.29) is 12.5 Å². The van der Waals surface area contributed by atoms with E-state index in [0.29, 0.717) is 42.5 Å².